The van der Waals surface area contributed by atoms with Crippen molar-refractivity contribution in [2.24, 2.45) is 0 Å². The first-order chi connectivity index (χ1) is 13.4. The molecular formula is C20H17N3O5. The highest BCUT2D eigenvalue weighted by Crippen LogP contribution is 2.22. The molecule has 28 heavy (non-hydrogen) atoms. The second-order valence-electron chi connectivity index (χ2n) is 6.14. The van der Waals surface area contributed by atoms with Crippen LogP contribution in [0.3, 0.4) is 0 Å². The maximum Gasteiger partial charge on any atom is 0.310 e. The van der Waals surface area contributed by atoms with Gasteiger partial charge in [0.2, 0.25) is 0 Å². The second kappa shape index (κ2) is 8.26. The zero-order valence-electron chi connectivity index (χ0n) is 15.0. The van der Waals surface area contributed by atoms with Crippen molar-refractivity contribution in [1.29, 1.82) is 0 Å². The van der Waals surface area contributed by atoms with E-state index in [1.807, 2.05) is 24.3 Å². The standard InChI is InChI=1S/C20H17N3O5/c1-13-7-8-16(11-17(13)23(26)27)22-18(24)12-28-19(25)10-15-5-2-4-14-6-3-9-21-20(14)15/h2-9,11H,10,12H2,1H3,(H,22,24). The molecule has 0 saturated heterocycles. The van der Waals surface area contributed by atoms with E-state index >= 15 is 0 Å². The van der Waals surface area contributed by atoms with Crippen LogP contribution in [0.4, 0.5) is 11.4 Å². The highest BCUT2D eigenvalue weighted by atomic mass is 16.6. The normalized spacial score (nSPS) is 10.5. The molecule has 0 unspecified atom stereocenters. The lowest BCUT2D eigenvalue weighted by atomic mass is 10.1. The number of aromatic nitrogens is 1. The summed E-state index contributed by atoms with van der Waals surface area (Å²) in [6.45, 7) is 1.12. The number of nitrogens with zero attached hydrogens (tertiary/aromatic N) is 2. The number of rotatable bonds is 6. The molecule has 3 rings (SSSR count). The average molecular weight is 379 g/mol. The molecule has 1 amide bonds. The number of nitrogens with one attached hydrogen (secondary N) is 1. The number of fused-ring (bicyclic) bond motifs is 1. The summed E-state index contributed by atoms with van der Waals surface area (Å²) in [5.41, 5.74) is 2.06. The Hall–Kier alpha value is -3.81. The summed E-state index contributed by atoms with van der Waals surface area (Å²) >= 11 is 0. The molecule has 2 aromatic carbocycles. The number of anilines is 1. The van der Waals surface area contributed by atoms with E-state index in [-0.39, 0.29) is 17.8 Å². The van der Waals surface area contributed by atoms with Crippen LogP contribution < -0.4 is 5.32 Å². The number of esters is 1. The van der Waals surface area contributed by atoms with Gasteiger partial charge < -0.3 is 10.1 Å². The number of hydrogen-bond donors (Lipinski definition) is 1. The van der Waals surface area contributed by atoms with Gasteiger partial charge in [-0.05, 0) is 24.6 Å². The van der Waals surface area contributed by atoms with Crippen molar-refractivity contribution < 1.29 is 19.2 Å². The molecular weight excluding hydrogens is 362 g/mol. The minimum absolute atomic E-state index is 0.0162. The zero-order valence-corrected chi connectivity index (χ0v) is 15.0. The summed E-state index contributed by atoms with van der Waals surface area (Å²) < 4.78 is 5.02. The third-order valence-electron chi connectivity index (χ3n) is 4.10. The molecule has 8 nitrogen and oxygen atoms in total. The van der Waals surface area contributed by atoms with E-state index in [9.17, 15) is 19.7 Å². The summed E-state index contributed by atoms with van der Waals surface area (Å²) in [5.74, 6) is -1.15. The predicted octanol–water partition coefficient (Wildman–Crippen LogP) is 3.18. The third-order valence-corrected chi connectivity index (χ3v) is 4.10. The van der Waals surface area contributed by atoms with Gasteiger partial charge in [0.05, 0.1) is 16.9 Å². The molecule has 0 aliphatic rings. The molecule has 0 fully saturated rings. The number of ether oxygens (including phenoxy) is 1. The Bertz CT molecular complexity index is 1060. The maximum absolute atomic E-state index is 12.1. The molecule has 0 spiro atoms. The minimum atomic E-state index is -0.581. The Morgan fingerprint density at radius 2 is 1.96 bits per heavy atom. The fraction of sp³-hybridized carbons (Fsp3) is 0.150. The Balaban J connectivity index is 1.58. The molecule has 0 saturated carbocycles. The van der Waals surface area contributed by atoms with Crippen molar-refractivity contribution >= 4 is 34.2 Å². The molecule has 1 aromatic heterocycles. The van der Waals surface area contributed by atoms with Gasteiger partial charge in [-0.1, -0.05) is 30.3 Å². The van der Waals surface area contributed by atoms with Gasteiger partial charge in [-0.15, -0.1) is 0 Å². The number of nitro benzene ring substituents is 1. The first-order valence-corrected chi connectivity index (χ1v) is 8.47. The highest BCUT2D eigenvalue weighted by Gasteiger charge is 2.14. The molecule has 0 bridgehead atoms. The van der Waals surface area contributed by atoms with Crippen molar-refractivity contribution in [3.8, 4) is 0 Å². The van der Waals surface area contributed by atoms with E-state index in [2.05, 4.69) is 10.3 Å². The van der Waals surface area contributed by atoms with Crippen molar-refractivity contribution in [2.75, 3.05) is 11.9 Å². The van der Waals surface area contributed by atoms with Crippen molar-refractivity contribution in [3.63, 3.8) is 0 Å². The van der Waals surface area contributed by atoms with Gasteiger partial charge in [0.15, 0.2) is 6.61 Å². The van der Waals surface area contributed by atoms with Crippen LogP contribution in [0.25, 0.3) is 10.9 Å². The number of nitro groups is 1. The molecule has 0 aliphatic carbocycles. The first kappa shape index (κ1) is 19.0. The number of carbonyl (C=O) groups is 2. The third kappa shape index (κ3) is 4.47. The summed E-state index contributed by atoms with van der Waals surface area (Å²) in [4.78, 5) is 38.8. The number of carbonyl (C=O) groups excluding carboxylic acids is 2. The van der Waals surface area contributed by atoms with E-state index in [0.29, 0.717) is 16.6 Å². The Kier molecular flexibility index (Phi) is 5.59. The van der Waals surface area contributed by atoms with Crippen molar-refractivity contribution in [2.45, 2.75) is 13.3 Å². The van der Waals surface area contributed by atoms with Crippen LogP contribution in [0, 0.1) is 17.0 Å². The van der Waals surface area contributed by atoms with Gasteiger partial charge in [-0.25, -0.2) is 0 Å². The first-order valence-electron chi connectivity index (χ1n) is 8.47. The van der Waals surface area contributed by atoms with Crippen LogP contribution in [-0.2, 0) is 20.7 Å². The number of hydrogen-bond acceptors (Lipinski definition) is 6. The summed E-state index contributed by atoms with van der Waals surface area (Å²) in [6, 6.07) is 13.5. The molecule has 8 heteroatoms. The van der Waals surface area contributed by atoms with Crippen LogP contribution >= 0.6 is 0 Å². The zero-order chi connectivity index (χ0) is 20.1. The van der Waals surface area contributed by atoms with Gasteiger partial charge in [-0.3, -0.25) is 24.7 Å². The molecule has 0 aliphatic heterocycles. The van der Waals surface area contributed by atoms with Gasteiger partial charge in [0, 0.05) is 28.9 Å². The average Bonchev–Trinajstić information content (AvgIpc) is 2.68. The summed E-state index contributed by atoms with van der Waals surface area (Å²) in [7, 11) is 0. The van der Waals surface area contributed by atoms with Crippen LogP contribution in [0.5, 0.6) is 0 Å². The summed E-state index contributed by atoms with van der Waals surface area (Å²) in [5, 5.41) is 14.3. The lowest BCUT2D eigenvalue weighted by Crippen LogP contribution is -2.21. The van der Waals surface area contributed by atoms with E-state index in [1.165, 1.54) is 12.1 Å². The Morgan fingerprint density at radius 1 is 1.18 bits per heavy atom. The van der Waals surface area contributed by atoms with Crippen LogP contribution in [0.1, 0.15) is 11.1 Å². The van der Waals surface area contributed by atoms with Crippen LogP contribution in [0.2, 0.25) is 0 Å². The molecule has 3 aromatic rings. The Labute approximate surface area is 160 Å². The van der Waals surface area contributed by atoms with Gasteiger partial charge in [-0.2, -0.15) is 0 Å². The molecule has 1 N–H and O–H groups in total. The van der Waals surface area contributed by atoms with E-state index < -0.39 is 23.4 Å². The topological polar surface area (TPSA) is 111 Å². The SMILES string of the molecule is Cc1ccc(NC(=O)COC(=O)Cc2cccc3cccnc23)cc1[N+](=O)[O-]. The number of pyridine rings is 1. The quantitative estimate of drug-likeness (QED) is 0.400. The molecule has 142 valence electrons. The monoisotopic (exact) mass is 379 g/mol. The lowest BCUT2D eigenvalue weighted by Gasteiger charge is -2.08. The lowest BCUT2D eigenvalue weighted by molar-refractivity contribution is -0.385. The molecule has 0 atom stereocenters. The summed E-state index contributed by atoms with van der Waals surface area (Å²) in [6.07, 6.45) is 1.63. The maximum atomic E-state index is 12.1. The number of amides is 1. The number of para-hydroxylation sites is 1. The van der Waals surface area contributed by atoms with Crippen molar-refractivity contribution in [1.82, 2.24) is 4.98 Å². The second-order valence-corrected chi connectivity index (χ2v) is 6.14. The highest BCUT2D eigenvalue weighted by molar-refractivity contribution is 5.93. The van der Waals surface area contributed by atoms with Gasteiger partial charge in [0.25, 0.3) is 11.6 Å². The number of aryl methyl sites for hydroxylation is 1. The van der Waals surface area contributed by atoms with Crippen LogP contribution in [0.15, 0.2) is 54.7 Å². The fourth-order valence-electron chi connectivity index (χ4n) is 2.74. The van der Waals surface area contributed by atoms with E-state index in [1.54, 1.807) is 25.3 Å². The fourth-order valence-corrected chi connectivity index (χ4v) is 2.74. The van der Waals surface area contributed by atoms with Crippen LogP contribution in [-0.4, -0.2) is 28.4 Å². The molecule has 0 radical (unpaired) electrons. The van der Waals surface area contributed by atoms with Crippen molar-refractivity contribution in [3.05, 3.63) is 76.0 Å². The van der Waals surface area contributed by atoms with E-state index in [0.717, 1.165) is 5.39 Å². The number of benzene rings is 2. The smallest absolute Gasteiger partial charge is 0.310 e. The predicted molar refractivity (Wildman–Crippen MR) is 103 cm³/mol. The van der Waals surface area contributed by atoms with E-state index in [4.69, 9.17) is 4.74 Å². The van der Waals surface area contributed by atoms with Gasteiger partial charge >= 0.3 is 5.97 Å². The van der Waals surface area contributed by atoms with Gasteiger partial charge in [0.1, 0.15) is 0 Å². The molecule has 1 heterocycles. The largest absolute Gasteiger partial charge is 0.455 e. The minimum Gasteiger partial charge on any atom is -0.455 e. The Morgan fingerprint density at radius 3 is 2.75 bits per heavy atom.